The van der Waals surface area contributed by atoms with Gasteiger partial charge in [0.15, 0.2) is 0 Å². The van der Waals surface area contributed by atoms with Crippen molar-refractivity contribution >= 4 is 34.4 Å². The van der Waals surface area contributed by atoms with Gasteiger partial charge in [0.05, 0.1) is 22.8 Å². The minimum absolute atomic E-state index is 0.502. The summed E-state index contributed by atoms with van der Waals surface area (Å²) in [4.78, 5) is 9.90. The molecule has 0 saturated carbocycles. The third-order valence-electron chi connectivity index (χ3n) is 5.50. The van der Waals surface area contributed by atoms with Crippen LogP contribution in [0.5, 0.6) is 0 Å². The molecule has 0 aromatic heterocycles. The van der Waals surface area contributed by atoms with E-state index in [2.05, 4.69) is 54.1 Å². The number of fused-ring (bicyclic) bond motifs is 2. The standard InChI is InChI=1S/C21H24ClN3/c1-3-25-12-10-15(11-13-25)21-17-6-4-5-7-19(17)24(2)20-9-8-16(22)14-18(20)23-21/h4-9,14-15H,3,10-13H2,1-2H3. The van der Waals surface area contributed by atoms with Crippen LogP contribution in [0, 0.1) is 5.92 Å². The minimum atomic E-state index is 0.502. The molecule has 0 aliphatic carbocycles. The van der Waals surface area contributed by atoms with Gasteiger partial charge in [0.1, 0.15) is 0 Å². The summed E-state index contributed by atoms with van der Waals surface area (Å²) in [5.41, 5.74) is 5.78. The molecule has 130 valence electrons. The van der Waals surface area contributed by atoms with Gasteiger partial charge < -0.3 is 9.80 Å². The molecular weight excluding hydrogens is 330 g/mol. The first kappa shape index (κ1) is 16.6. The van der Waals surface area contributed by atoms with Crippen LogP contribution in [0.2, 0.25) is 5.02 Å². The Hall–Kier alpha value is -1.84. The second-order valence-corrected chi connectivity index (χ2v) is 7.35. The van der Waals surface area contributed by atoms with Gasteiger partial charge in [0.2, 0.25) is 0 Å². The Bertz CT molecular complexity index is 807. The molecule has 25 heavy (non-hydrogen) atoms. The lowest BCUT2D eigenvalue weighted by Gasteiger charge is -2.32. The molecule has 2 aromatic rings. The van der Waals surface area contributed by atoms with Crippen LogP contribution >= 0.6 is 11.6 Å². The Balaban J connectivity index is 1.82. The van der Waals surface area contributed by atoms with Gasteiger partial charge in [-0.3, -0.25) is 4.99 Å². The van der Waals surface area contributed by atoms with Crippen LogP contribution in [0.15, 0.2) is 47.5 Å². The average Bonchev–Trinajstić information content (AvgIpc) is 2.77. The summed E-state index contributed by atoms with van der Waals surface area (Å²) in [5.74, 6) is 0.502. The molecular formula is C21H24ClN3. The topological polar surface area (TPSA) is 18.8 Å². The Kier molecular flexibility index (Phi) is 4.53. The Morgan fingerprint density at radius 3 is 2.60 bits per heavy atom. The van der Waals surface area contributed by atoms with E-state index in [-0.39, 0.29) is 0 Å². The number of rotatable bonds is 2. The van der Waals surface area contributed by atoms with Crippen molar-refractivity contribution in [3.8, 4) is 0 Å². The highest BCUT2D eigenvalue weighted by atomic mass is 35.5. The van der Waals surface area contributed by atoms with Gasteiger partial charge in [-0.05, 0) is 56.7 Å². The lowest BCUT2D eigenvalue weighted by atomic mass is 9.87. The van der Waals surface area contributed by atoms with Gasteiger partial charge in [-0.25, -0.2) is 0 Å². The zero-order valence-corrected chi connectivity index (χ0v) is 15.6. The van der Waals surface area contributed by atoms with Crippen LogP contribution in [-0.4, -0.2) is 37.3 Å². The number of nitrogens with zero attached hydrogens (tertiary/aromatic N) is 3. The van der Waals surface area contributed by atoms with Gasteiger partial charge in [0.25, 0.3) is 0 Å². The highest BCUT2D eigenvalue weighted by Gasteiger charge is 2.28. The van der Waals surface area contributed by atoms with Gasteiger partial charge in [-0.15, -0.1) is 0 Å². The third-order valence-corrected chi connectivity index (χ3v) is 5.74. The molecule has 0 N–H and O–H groups in total. The lowest BCUT2D eigenvalue weighted by molar-refractivity contribution is 0.219. The monoisotopic (exact) mass is 353 g/mol. The molecule has 4 heteroatoms. The van der Waals surface area contributed by atoms with E-state index in [1.807, 2.05) is 12.1 Å². The number of para-hydroxylation sites is 1. The molecule has 4 rings (SSSR count). The highest BCUT2D eigenvalue weighted by Crippen LogP contribution is 2.41. The number of likely N-dealkylation sites (tertiary alicyclic amines) is 1. The van der Waals surface area contributed by atoms with Gasteiger partial charge >= 0.3 is 0 Å². The fourth-order valence-electron chi connectivity index (χ4n) is 4.01. The average molecular weight is 354 g/mol. The van der Waals surface area contributed by atoms with E-state index in [1.54, 1.807) is 0 Å². The zero-order valence-electron chi connectivity index (χ0n) is 14.9. The second-order valence-electron chi connectivity index (χ2n) is 6.91. The van der Waals surface area contributed by atoms with Gasteiger partial charge in [-0.2, -0.15) is 0 Å². The molecule has 0 unspecified atom stereocenters. The van der Waals surface area contributed by atoms with Crippen LogP contribution in [0.4, 0.5) is 17.1 Å². The molecule has 2 heterocycles. The third kappa shape index (κ3) is 3.07. The number of anilines is 2. The van der Waals surface area contributed by atoms with Crippen LogP contribution < -0.4 is 4.90 Å². The van der Waals surface area contributed by atoms with E-state index in [1.165, 1.54) is 29.8 Å². The smallest absolute Gasteiger partial charge is 0.0884 e. The molecule has 1 saturated heterocycles. The van der Waals surface area contributed by atoms with E-state index >= 15 is 0 Å². The quantitative estimate of drug-likeness (QED) is 0.732. The van der Waals surface area contributed by atoms with E-state index in [0.717, 1.165) is 36.0 Å². The second kappa shape index (κ2) is 6.81. The molecule has 2 aliphatic heterocycles. The summed E-state index contributed by atoms with van der Waals surface area (Å²) in [6, 6.07) is 14.6. The van der Waals surface area contributed by atoms with Crippen molar-refractivity contribution in [3.05, 3.63) is 53.1 Å². The summed E-state index contributed by atoms with van der Waals surface area (Å²) in [7, 11) is 2.11. The van der Waals surface area contributed by atoms with Crippen molar-refractivity contribution in [2.75, 3.05) is 31.6 Å². The predicted octanol–water partition coefficient (Wildman–Crippen LogP) is 5.27. The predicted molar refractivity (Wildman–Crippen MR) is 107 cm³/mol. The maximum atomic E-state index is 6.27. The van der Waals surface area contributed by atoms with Crippen molar-refractivity contribution in [3.63, 3.8) is 0 Å². The number of hydrogen-bond acceptors (Lipinski definition) is 3. The van der Waals surface area contributed by atoms with Crippen molar-refractivity contribution in [2.24, 2.45) is 10.9 Å². The molecule has 0 radical (unpaired) electrons. The molecule has 3 nitrogen and oxygen atoms in total. The molecule has 0 spiro atoms. The van der Waals surface area contributed by atoms with Gasteiger partial charge in [-0.1, -0.05) is 36.7 Å². The van der Waals surface area contributed by atoms with Crippen molar-refractivity contribution in [1.82, 2.24) is 4.90 Å². The number of aliphatic imine (C=N–C) groups is 1. The van der Waals surface area contributed by atoms with E-state index in [9.17, 15) is 0 Å². The summed E-state index contributed by atoms with van der Waals surface area (Å²) < 4.78 is 0. The largest absolute Gasteiger partial charge is 0.342 e. The molecule has 2 aromatic carbocycles. The Morgan fingerprint density at radius 2 is 1.84 bits per heavy atom. The number of hydrogen-bond donors (Lipinski definition) is 0. The van der Waals surface area contributed by atoms with E-state index in [4.69, 9.17) is 16.6 Å². The SMILES string of the molecule is CCN1CCC(C2=Nc3cc(Cl)ccc3N(C)c3ccccc32)CC1. The minimum Gasteiger partial charge on any atom is -0.342 e. The first-order valence-corrected chi connectivity index (χ1v) is 9.48. The van der Waals surface area contributed by atoms with Crippen molar-refractivity contribution in [1.29, 1.82) is 0 Å². The van der Waals surface area contributed by atoms with Crippen LogP contribution in [-0.2, 0) is 0 Å². The molecule has 2 aliphatic rings. The number of benzene rings is 2. The highest BCUT2D eigenvalue weighted by molar-refractivity contribution is 6.31. The number of piperidine rings is 1. The van der Waals surface area contributed by atoms with E-state index in [0.29, 0.717) is 5.92 Å². The molecule has 0 amide bonds. The maximum Gasteiger partial charge on any atom is 0.0884 e. The first-order chi connectivity index (χ1) is 12.2. The maximum absolute atomic E-state index is 6.27. The van der Waals surface area contributed by atoms with Crippen molar-refractivity contribution in [2.45, 2.75) is 19.8 Å². The summed E-state index contributed by atoms with van der Waals surface area (Å²) in [6.45, 7) is 5.68. The lowest BCUT2D eigenvalue weighted by Crippen LogP contribution is -2.36. The summed E-state index contributed by atoms with van der Waals surface area (Å²) in [6.07, 6.45) is 2.33. The molecule has 0 bridgehead atoms. The number of halogens is 1. The van der Waals surface area contributed by atoms with E-state index < -0.39 is 0 Å². The fourth-order valence-corrected chi connectivity index (χ4v) is 4.17. The summed E-state index contributed by atoms with van der Waals surface area (Å²) >= 11 is 6.27. The van der Waals surface area contributed by atoms with Gasteiger partial charge in [0, 0.05) is 23.6 Å². The van der Waals surface area contributed by atoms with Crippen molar-refractivity contribution < 1.29 is 0 Å². The fraction of sp³-hybridized carbons (Fsp3) is 0.381. The Labute approximate surface area is 154 Å². The normalized spacial score (nSPS) is 18.4. The Morgan fingerprint density at radius 1 is 1.08 bits per heavy atom. The first-order valence-electron chi connectivity index (χ1n) is 9.11. The van der Waals surface area contributed by atoms with Crippen LogP contribution in [0.25, 0.3) is 0 Å². The van der Waals surface area contributed by atoms with Crippen LogP contribution in [0.1, 0.15) is 25.3 Å². The summed E-state index contributed by atoms with van der Waals surface area (Å²) in [5, 5.41) is 0.738. The molecule has 0 atom stereocenters. The van der Waals surface area contributed by atoms with Crippen LogP contribution in [0.3, 0.4) is 0 Å². The zero-order chi connectivity index (χ0) is 17.4. The molecule has 1 fully saturated rings.